The van der Waals surface area contributed by atoms with Crippen molar-refractivity contribution in [2.45, 2.75) is 20.4 Å². The first kappa shape index (κ1) is 11.7. The fourth-order valence-corrected chi connectivity index (χ4v) is 1.94. The van der Waals surface area contributed by atoms with Crippen molar-refractivity contribution in [1.29, 1.82) is 0 Å². The van der Waals surface area contributed by atoms with Crippen LogP contribution in [0.3, 0.4) is 0 Å². The summed E-state index contributed by atoms with van der Waals surface area (Å²) in [7, 11) is 0. The number of anilines is 1. The van der Waals surface area contributed by atoms with Crippen molar-refractivity contribution in [3.05, 3.63) is 65.2 Å². The molecule has 0 aliphatic rings. The predicted molar refractivity (Wildman–Crippen MR) is 72.8 cm³/mol. The van der Waals surface area contributed by atoms with Gasteiger partial charge >= 0.3 is 0 Å². The second-order valence-electron chi connectivity index (χ2n) is 4.34. The number of benzene rings is 2. The van der Waals surface area contributed by atoms with Gasteiger partial charge in [0.1, 0.15) is 0 Å². The van der Waals surface area contributed by atoms with Crippen LogP contribution in [0.1, 0.15) is 16.7 Å². The third-order valence-electron chi connectivity index (χ3n) is 2.58. The maximum atomic E-state index is 3.22. The zero-order chi connectivity index (χ0) is 12.1. The fourth-order valence-electron chi connectivity index (χ4n) is 1.94. The summed E-state index contributed by atoms with van der Waals surface area (Å²) in [6.45, 7) is 5.07. The molecule has 0 aliphatic carbocycles. The van der Waals surface area contributed by atoms with Crippen molar-refractivity contribution in [1.82, 2.24) is 5.43 Å². The van der Waals surface area contributed by atoms with Crippen molar-refractivity contribution < 1.29 is 0 Å². The molecule has 0 bridgehead atoms. The van der Waals surface area contributed by atoms with Gasteiger partial charge in [0.15, 0.2) is 0 Å². The average molecular weight is 226 g/mol. The Bertz CT molecular complexity index is 457. The molecule has 2 N–H and O–H groups in total. The summed E-state index contributed by atoms with van der Waals surface area (Å²) in [5.41, 5.74) is 11.4. The first-order valence-electron chi connectivity index (χ1n) is 5.85. The summed E-state index contributed by atoms with van der Waals surface area (Å²) < 4.78 is 0. The van der Waals surface area contributed by atoms with Gasteiger partial charge in [-0.15, -0.1) is 0 Å². The van der Waals surface area contributed by atoms with Crippen LogP contribution in [0, 0.1) is 13.8 Å². The molecule has 88 valence electrons. The van der Waals surface area contributed by atoms with Crippen LogP contribution in [-0.4, -0.2) is 0 Å². The van der Waals surface area contributed by atoms with Gasteiger partial charge in [-0.3, -0.25) is 0 Å². The zero-order valence-corrected chi connectivity index (χ0v) is 10.3. The lowest BCUT2D eigenvalue weighted by molar-refractivity contribution is 0.800. The number of para-hydroxylation sites is 1. The van der Waals surface area contributed by atoms with E-state index in [2.05, 4.69) is 42.9 Å². The van der Waals surface area contributed by atoms with E-state index in [0.717, 1.165) is 12.2 Å². The van der Waals surface area contributed by atoms with Gasteiger partial charge in [0.05, 0.1) is 0 Å². The van der Waals surface area contributed by atoms with Gasteiger partial charge in [0.2, 0.25) is 0 Å². The Morgan fingerprint density at radius 2 is 1.53 bits per heavy atom. The number of aryl methyl sites for hydroxylation is 2. The molecule has 0 heterocycles. The normalized spacial score (nSPS) is 10.2. The van der Waals surface area contributed by atoms with E-state index in [4.69, 9.17) is 0 Å². The van der Waals surface area contributed by atoms with Gasteiger partial charge in [-0.05, 0) is 31.5 Å². The zero-order valence-electron chi connectivity index (χ0n) is 10.3. The molecule has 0 radical (unpaired) electrons. The Labute approximate surface area is 103 Å². The van der Waals surface area contributed by atoms with E-state index in [1.54, 1.807) is 0 Å². The first-order valence-corrected chi connectivity index (χ1v) is 5.85. The van der Waals surface area contributed by atoms with Crippen LogP contribution >= 0.6 is 0 Å². The number of nitrogens with one attached hydrogen (secondary N) is 2. The van der Waals surface area contributed by atoms with Crippen LogP contribution in [0.25, 0.3) is 0 Å². The smallest absolute Gasteiger partial charge is 0.0487 e. The van der Waals surface area contributed by atoms with E-state index in [-0.39, 0.29) is 0 Å². The van der Waals surface area contributed by atoms with Crippen molar-refractivity contribution >= 4 is 5.69 Å². The van der Waals surface area contributed by atoms with Gasteiger partial charge in [-0.25, -0.2) is 5.43 Å². The second kappa shape index (κ2) is 5.51. The topological polar surface area (TPSA) is 24.1 Å². The van der Waals surface area contributed by atoms with E-state index in [1.165, 1.54) is 16.7 Å². The lowest BCUT2D eigenvalue weighted by Crippen LogP contribution is -2.20. The molecular formula is C15H18N2. The molecule has 0 saturated heterocycles. The number of hydrazine groups is 1. The van der Waals surface area contributed by atoms with E-state index >= 15 is 0 Å². The maximum Gasteiger partial charge on any atom is 0.0487 e. The molecule has 2 aromatic carbocycles. The minimum atomic E-state index is 0.817. The highest BCUT2D eigenvalue weighted by atomic mass is 15.3. The second-order valence-corrected chi connectivity index (χ2v) is 4.34. The maximum absolute atomic E-state index is 3.22. The van der Waals surface area contributed by atoms with Crippen molar-refractivity contribution in [3.63, 3.8) is 0 Å². The minimum absolute atomic E-state index is 0.817. The molecule has 0 amide bonds. The summed E-state index contributed by atoms with van der Waals surface area (Å²) >= 11 is 0. The van der Waals surface area contributed by atoms with Crippen LogP contribution in [0.15, 0.2) is 48.5 Å². The molecule has 0 saturated carbocycles. The summed E-state index contributed by atoms with van der Waals surface area (Å²) in [5.74, 6) is 0. The standard InChI is InChI=1S/C15H18N2/c1-12-8-13(2)10-14(9-12)11-16-17-15-6-4-3-5-7-15/h3-10,16-17H,11H2,1-2H3. The fraction of sp³-hybridized carbons (Fsp3) is 0.200. The Balaban J connectivity index is 1.90. The van der Waals surface area contributed by atoms with Gasteiger partial charge in [-0.1, -0.05) is 47.5 Å². The molecule has 0 aromatic heterocycles. The summed E-state index contributed by atoms with van der Waals surface area (Å²) in [6.07, 6.45) is 0. The van der Waals surface area contributed by atoms with Gasteiger partial charge in [0.25, 0.3) is 0 Å². The van der Waals surface area contributed by atoms with Crippen LogP contribution in [0.4, 0.5) is 5.69 Å². The van der Waals surface area contributed by atoms with E-state index in [1.807, 2.05) is 30.3 Å². The summed E-state index contributed by atoms with van der Waals surface area (Å²) in [5, 5.41) is 0. The molecule has 0 fully saturated rings. The van der Waals surface area contributed by atoms with Crippen molar-refractivity contribution in [2.24, 2.45) is 0 Å². The summed E-state index contributed by atoms with van der Waals surface area (Å²) in [6, 6.07) is 16.7. The predicted octanol–water partition coefficient (Wildman–Crippen LogP) is 3.42. The molecule has 2 rings (SSSR count). The van der Waals surface area contributed by atoms with E-state index < -0.39 is 0 Å². The van der Waals surface area contributed by atoms with E-state index in [9.17, 15) is 0 Å². The van der Waals surface area contributed by atoms with Crippen molar-refractivity contribution in [2.75, 3.05) is 5.43 Å². The molecule has 0 spiro atoms. The number of hydrogen-bond donors (Lipinski definition) is 2. The lowest BCUT2D eigenvalue weighted by atomic mass is 10.1. The van der Waals surface area contributed by atoms with Crippen LogP contribution in [-0.2, 0) is 6.54 Å². The number of rotatable bonds is 4. The SMILES string of the molecule is Cc1cc(C)cc(CNNc2ccccc2)c1. The van der Waals surface area contributed by atoms with Crippen LogP contribution in [0.5, 0.6) is 0 Å². The molecule has 0 unspecified atom stereocenters. The Morgan fingerprint density at radius 1 is 0.882 bits per heavy atom. The largest absolute Gasteiger partial charge is 0.321 e. The van der Waals surface area contributed by atoms with Crippen LogP contribution in [0.2, 0.25) is 0 Å². The highest BCUT2D eigenvalue weighted by Gasteiger charge is 1.95. The molecule has 2 nitrogen and oxygen atoms in total. The summed E-state index contributed by atoms with van der Waals surface area (Å²) in [4.78, 5) is 0. The monoisotopic (exact) mass is 226 g/mol. The number of hydrogen-bond acceptors (Lipinski definition) is 2. The average Bonchev–Trinajstić information content (AvgIpc) is 2.29. The highest BCUT2D eigenvalue weighted by molar-refractivity contribution is 5.41. The van der Waals surface area contributed by atoms with Crippen molar-refractivity contribution in [3.8, 4) is 0 Å². The molecule has 0 aliphatic heterocycles. The van der Waals surface area contributed by atoms with Gasteiger partial charge in [-0.2, -0.15) is 0 Å². The van der Waals surface area contributed by atoms with E-state index in [0.29, 0.717) is 0 Å². The quantitative estimate of drug-likeness (QED) is 0.781. The molecule has 2 aromatic rings. The van der Waals surface area contributed by atoms with Gasteiger partial charge in [0, 0.05) is 12.2 Å². The first-order chi connectivity index (χ1) is 8.24. The molecule has 2 heteroatoms. The molecule has 0 atom stereocenters. The Hall–Kier alpha value is -1.80. The molecule has 17 heavy (non-hydrogen) atoms. The minimum Gasteiger partial charge on any atom is -0.321 e. The van der Waals surface area contributed by atoms with Crippen LogP contribution < -0.4 is 10.9 Å². The third-order valence-corrected chi connectivity index (χ3v) is 2.58. The highest BCUT2D eigenvalue weighted by Crippen LogP contribution is 2.09. The Morgan fingerprint density at radius 3 is 2.18 bits per heavy atom. The molecular weight excluding hydrogens is 208 g/mol. The Kier molecular flexibility index (Phi) is 3.78. The van der Waals surface area contributed by atoms with Gasteiger partial charge < -0.3 is 5.43 Å². The lowest BCUT2D eigenvalue weighted by Gasteiger charge is -2.09. The third kappa shape index (κ3) is 3.61.